The van der Waals surface area contributed by atoms with Crippen molar-refractivity contribution in [3.05, 3.63) is 12.2 Å². The highest BCUT2D eigenvalue weighted by molar-refractivity contribution is 5.81. The molecule has 0 bridgehead atoms. The van der Waals surface area contributed by atoms with Gasteiger partial charge in [0.25, 0.3) is 0 Å². The van der Waals surface area contributed by atoms with Crippen LogP contribution in [-0.4, -0.2) is 25.8 Å². The Morgan fingerprint density at radius 1 is 1.89 bits per heavy atom. The first kappa shape index (κ1) is 6.29. The fourth-order valence-electron chi connectivity index (χ4n) is 0.421. The maximum atomic E-state index is 10.4. The number of carbonyl (C=O) groups is 1. The monoisotopic (exact) mass is 128 g/mol. The van der Waals surface area contributed by atoms with E-state index >= 15 is 0 Å². The fraction of sp³-hybridized carbons (Fsp3) is 0.500. The maximum absolute atomic E-state index is 10.4. The van der Waals surface area contributed by atoms with Crippen LogP contribution in [0.15, 0.2) is 12.2 Å². The minimum absolute atomic E-state index is 0.157. The number of rotatable bonds is 2. The number of hydrogen-bond acceptors (Lipinski definition) is 3. The molecule has 3 nitrogen and oxygen atoms in total. The Labute approximate surface area is 53.3 Å². The number of carbonyl (C=O) groups excluding carboxylic acids is 1. The van der Waals surface area contributed by atoms with Gasteiger partial charge in [-0.2, -0.15) is 0 Å². The van der Waals surface area contributed by atoms with Crippen molar-refractivity contribution < 1.29 is 14.3 Å². The zero-order valence-electron chi connectivity index (χ0n) is 5.16. The zero-order chi connectivity index (χ0) is 6.69. The third kappa shape index (κ3) is 2.28. The highest BCUT2D eigenvalue weighted by Crippen LogP contribution is 2.09. The van der Waals surface area contributed by atoms with Crippen LogP contribution >= 0.6 is 0 Å². The third-order valence-corrected chi connectivity index (χ3v) is 1.01. The summed E-state index contributed by atoms with van der Waals surface area (Å²) in [7, 11) is 1.35. The lowest BCUT2D eigenvalue weighted by molar-refractivity contribution is -0.134. The van der Waals surface area contributed by atoms with E-state index in [1.807, 2.05) is 0 Å². The zero-order valence-corrected chi connectivity index (χ0v) is 5.16. The Hall–Kier alpha value is -0.830. The Balaban J connectivity index is 2.20. The molecule has 1 fully saturated rings. The van der Waals surface area contributed by atoms with Gasteiger partial charge >= 0.3 is 5.97 Å². The van der Waals surface area contributed by atoms with Gasteiger partial charge in [0.15, 0.2) is 0 Å². The van der Waals surface area contributed by atoms with Gasteiger partial charge < -0.3 is 9.47 Å². The smallest absolute Gasteiger partial charge is 0.330 e. The highest BCUT2D eigenvalue weighted by Gasteiger charge is 2.18. The fourth-order valence-corrected chi connectivity index (χ4v) is 0.421. The third-order valence-electron chi connectivity index (χ3n) is 1.01. The van der Waals surface area contributed by atoms with Crippen molar-refractivity contribution in [2.75, 3.05) is 13.7 Å². The van der Waals surface area contributed by atoms with Crippen molar-refractivity contribution in [2.24, 2.45) is 0 Å². The van der Waals surface area contributed by atoms with Crippen molar-refractivity contribution in [2.45, 2.75) is 6.10 Å². The lowest BCUT2D eigenvalue weighted by atomic mass is 10.4. The minimum atomic E-state index is -0.328. The number of hydrogen-bond donors (Lipinski definition) is 0. The van der Waals surface area contributed by atoms with Crippen molar-refractivity contribution in [3.8, 4) is 0 Å². The summed E-state index contributed by atoms with van der Waals surface area (Å²) in [5.41, 5.74) is 0. The normalized spacial score (nSPS) is 24.3. The van der Waals surface area contributed by atoms with Crippen LogP contribution < -0.4 is 0 Å². The second kappa shape index (κ2) is 2.64. The molecule has 0 aromatic heterocycles. The molecule has 0 aliphatic carbocycles. The van der Waals surface area contributed by atoms with Gasteiger partial charge in [0.05, 0.1) is 19.8 Å². The molecule has 0 N–H and O–H groups in total. The molecule has 3 heteroatoms. The summed E-state index contributed by atoms with van der Waals surface area (Å²) < 4.78 is 9.16. The molecule has 1 aliphatic rings. The Bertz CT molecular complexity index is 135. The van der Waals surface area contributed by atoms with E-state index < -0.39 is 0 Å². The first-order valence-corrected chi connectivity index (χ1v) is 2.70. The van der Waals surface area contributed by atoms with Gasteiger partial charge in [-0.15, -0.1) is 0 Å². The van der Waals surface area contributed by atoms with Crippen LogP contribution in [0.5, 0.6) is 0 Å². The summed E-state index contributed by atoms with van der Waals surface area (Å²) in [5, 5.41) is 0. The molecule has 1 rings (SSSR count). The topological polar surface area (TPSA) is 38.8 Å². The second-order valence-electron chi connectivity index (χ2n) is 1.75. The first-order valence-electron chi connectivity index (χ1n) is 2.70. The van der Waals surface area contributed by atoms with E-state index in [9.17, 15) is 4.79 Å². The van der Waals surface area contributed by atoms with E-state index in [0.29, 0.717) is 0 Å². The number of methoxy groups -OCH3 is 1. The first-order chi connectivity index (χ1) is 4.33. The van der Waals surface area contributed by atoms with E-state index in [1.54, 1.807) is 6.08 Å². The molecular formula is C6H8O3. The van der Waals surface area contributed by atoms with Crippen molar-refractivity contribution >= 4 is 5.97 Å². The average Bonchev–Trinajstić information content (AvgIpc) is 2.65. The lowest BCUT2D eigenvalue weighted by Crippen LogP contribution is -1.94. The van der Waals surface area contributed by atoms with Gasteiger partial charge in [-0.05, 0) is 6.08 Å². The van der Waals surface area contributed by atoms with E-state index in [4.69, 9.17) is 4.74 Å². The van der Waals surface area contributed by atoms with Crippen molar-refractivity contribution in [1.29, 1.82) is 0 Å². The van der Waals surface area contributed by atoms with Gasteiger partial charge in [-0.25, -0.2) is 4.79 Å². The molecule has 1 heterocycles. The van der Waals surface area contributed by atoms with Crippen LogP contribution in [-0.2, 0) is 14.3 Å². The van der Waals surface area contributed by atoms with Gasteiger partial charge in [0.2, 0.25) is 0 Å². The van der Waals surface area contributed by atoms with Crippen LogP contribution in [0.2, 0.25) is 0 Å². The predicted molar refractivity (Wildman–Crippen MR) is 30.9 cm³/mol. The molecule has 1 saturated heterocycles. The molecule has 1 unspecified atom stereocenters. The van der Waals surface area contributed by atoms with Crippen molar-refractivity contribution in [1.82, 2.24) is 0 Å². The molecule has 0 aromatic rings. The van der Waals surface area contributed by atoms with Crippen LogP contribution in [0.25, 0.3) is 0 Å². The summed E-state index contributed by atoms with van der Waals surface area (Å²) in [5.74, 6) is -0.328. The molecule has 0 aromatic carbocycles. The number of ether oxygens (including phenoxy) is 2. The summed E-state index contributed by atoms with van der Waals surface area (Å²) in [4.78, 5) is 10.4. The van der Waals surface area contributed by atoms with Crippen LogP contribution in [0, 0.1) is 0 Å². The predicted octanol–water partition coefficient (Wildman–Crippen LogP) is 0.114. The Morgan fingerprint density at radius 2 is 2.56 bits per heavy atom. The van der Waals surface area contributed by atoms with Crippen molar-refractivity contribution in [3.63, 3.8) is 0 Å². The van der Waals surface area contributed by atoms with E-state index in [-0.39, 0.29) is 12.1 Å². The Morgan fingerprint density at radius 3 is 3.00 bits per heavy atom. The quantitative estimate of drug-likeness (QED) is 0.301. The summed E-state index contributed by atoms with van der Waals surface area (Å²) in [6.07, 6.45) is 3.22. The Kier molecular flexibility index (Phi) is 1.85. The number of esters is 1. The number of epoxide rings is 1. The summed E-state index contributed by atoms with van der Waals surface area (Å²) in [6.45, 7) is 0.730. The SMILES string of the molecule is COC(=O)/C=C/C1CO1. The van der Waals surface area contributed by atoms with Gasteiger partial charge in [-0.3, -0.25) is 0 Å². The molecule has 1 aliphatic heterocycles. The molecule has 9 heavy (non-hydrogen) atoms. The largest absolute Gasteiger partial charge is 0.466 e. The lowest BCUT2D eigenvalue weighted by Gasteiger charge is -1.86. The summed E-state index contributed by atoms with van der Waals surface area (Å²) >= 11 is 0. The summed E-state index contributed by atoms with van der Waals surface area (Å²) in [6, 6.07) is 0. The van der Waals surface area contributed by atoms with Gasteiger partial charge in [-0.1, -0.05) is 0 Å². The van der Waals surface area contributed by atoms with Crippen LogP contribution in [0.4, 0.5) is 0 Å². The van der Waals surface area contributed by atoms with E-state index in [0.717, 1.165) is 6.61 Å². The minimum Gasteiger partial charge on any atom is -0.466 e. The molecule has 1 atom stereocenters. The van der Waals surface area contributed by atoms with E-state index in [2.05, 4.69) is 4.74 Å². The van der Waals surface area contributed by atoms with Gasteiger partial charge in [0.1, 0.15) is 0 Å². The highest BCUT2D eigenvalue weighted by atomic mass is 16.6. The molecule has 0 saturated carbocycles. The van der Waals surface area contributed by atoms with Crippen LogP contribution in [0.1, 0.15) is 0 Å². The van der Waals surface area contributed by atoms with E-state index in [1.165, 1.54) is 13.2 Å². The molecule has 0 radical (unpaired) electrons. The average molecular weight is 128 g/mol. The molecular weight excluding hydrogens is 120 g/mol. The second-order valence-corrected chi connectivity index (χ2v) is 1.75. The molecule has 0 amide bonds. The standard InChI is InChI=1S/C6H8O3/c1-8-6(7)3-2-5-4-9-5/h2-3,5H,4H2,1H3/b3-2+. The maximum Gasteiger partial charge on any atom is 0.330 e. The van der Waals surface area contributed by atoms with Gasteiger partial charge in [0, 0.05) is 6.08 Å². The molecule has 50 valence electrons. The van der Waals surface area contributed by atoms with Crippen LogP contribution in [0.3, 0.4) is 0 Å². The molecule has 0 spiro atoms.